The van der Waals surface area contributed by atoms with Gasteiger partial charge in [0.25, 0.3) is 11.7 Å². The Morgan fingerprint density at radius 2 is 1.59 bits per heavy atom. The van der Waals surface area contributed by atoms with Gasteiger partial charge in [0.1, 0.15) is 23.4 Å². The van der Waals surface area contributed by atoms with Crippen LogP contribution in [0, 0.1) is 30.6 Å². The van der Waals surface area contributed by atoms with Crippen LogP contribution >= 0.6 is 0 Å². The monoisotopic (exact) mass is 823 g/mol. The van der Waals surface area contributed by atoms with Crippen molar-refractivity contribution in [2.75, 3.05) is 25.5 Å². The maximum Gasteiger partial charge on any atom is 0.312 e. The lowest BCUT2D eigenvalue weighted by molar-refractivity contribution is -0.160. The summed E-state index contributed by atoms with van der Waals surface area (Å²) in [6.45, 7) is 17.6. The molecule has 9 atom stereocenters. The molecule has 6 N–H and O–H groups in total. The number of hydrogen-bond donors (Lipinski definition) is 6. The summed E-state index contributed by atoms with van der Waals surface area (Å²) in [7, 11) is 1.44. The number of carbonyl (C=O) groups is 3. The zero-order valence-electron chi connectivity index (χ0n) is 35.9. The van der Waals surface area contributed by atoms with Gasteiger partial charge in [-0.05, 0) is 32.8 Å². The van der Waals surface area contributed by atoms with E-state index in [-0.39, 0.29) is 44.5 Å². The highest BCUT2D eigenvalue weighted by atomic mass is 16.7. The molecule has 3 heterocycles. The minimum Gasteiger partial charge on any atom is -0.507 e. The first-order chi connectivity index (χ1) is 27.8. The summed E-state index contributed by atoms with van der Waals surface area (Å²) in [5.41, 5.74) is -0.354. The fourth-order valence-electron chi connectivity index (χ4n) is 7.76. The van der Waals surface area contributed by atoms with Crippen LogP contribution < -0.4 is 10.1 Å². The molecule has 3 aliphatic heterocycles. The van der Waals surface area contributed by atoms with Crippen LogP contribution in [0.3, 0.4) is 0 Å². The average molecular weight is 824 g/mol. The Labute approximate surface area is 346 Å². The van der Waals surface area contributed by atoms with Gasteiger partial charge < -0.3 is 49.8 Å². The van der Waals surface area contributed by atoms with Crippen molar-refractivity contribution in [1.82, 2.24) is 5.01 Å². The van der Waals surface area contributed by atoms with Gasteiger partial charge in [0, 0.05) is 74.2 Å². The highest BCUT2D eigenvalue weighted by molar-refractivity contribution is 6.23. The first-order valence-corrected chi connectivity index (χ1v) is 20.1. The number of benzene rings is 2. The van der Waals surface area contributed by atoms with Gasteiger partial charge >= 0.3 is 11.8 Å². The molecule has 2 aromatic carbocycles. The van der Waals surface area contributed by atoms with Gasteiger partial charge in [0.2, 0.25) is 0 Å². The van der Waals surface area contributed by atoms with E-state index < -0.39 is 88.8 Å². The van der Waals surface area contributed by atoms with E-state index in [0.717, 1.165) is 12.8 Å². The first-order valence-electron chi connectivity index (χ1n) is 20.1. The number of phenols is 3. The molecule has 2 aromatic rings. The molecule has 0 fully saturated rings. The summed E-state index contributed by atoms with van der Waals surface area (Å²) in [4.78, 5) is 40.5. The van der Waals surface area contributed by atoms with Gasteiger partial charge in [-0.1, -0.05) is 59.8 Å². The number of ketones is 1. The lowest BCUT2D eigenvalue weighted by atomic mass is 9.78. The number of esters is 1. The molecular weight excluding hydrogens is 762 g/mol. The molecule has 0 aromatic heterocycles. The predicted molar refractivity (Wildman–Crippen MR) is 224 cm³/mol. The quantitative estimate of drug-likeness (QED) is 0.0575. The molecule has 3 aliphatic rings. The lowest BCUT2D eigenvalue weighted by Gasteiger charge is -2.38. The topological polar surface area (TPSA) is 217 Å². The molecule has 0 radical (unpaired) electrons. The molecule has 1 amide bonds. The highest BCUT2D eigenvalue weighted by Gasteiger charge is 2.50. The van der Waals surface area contributed by atoms with E-state index in [1.54, 1.807) is 44.9 Å². The van der Waals surface area contributed by atoms with Crippen molar-refractivity contribution in [2.24, 2.45) is 28.8 Å². The summed E-state index contributed by atoms with van der Waals surface area (Å²) >= 11 is 0. The van der Waals surface area contributed by atoms with E-state index in [2.05, 4.69) is 10.4 Å². The number of phenolic OH excluding ortho intramolecular Hbond substituents is 3. The molecule has 9 unspecified atom stereocenters. The standard InChI is InChI=1S/C44H61N3O12/c1-12-18-47(19-13-2)45-21-29-34-39(53)32-31(38(29)52)33-41(27(8)37(32)51)59-44(10,42(33)54)57-20-17-30(56-11)24(5)40(58-28(9)48)26(7)36(50)25(6)35(49)22(3)15-14-16-23(4)43(55)46-34/h14-17,20-22,24-26,30,35-36,40,49-53H,12-13,18-19H2,1-11H3,(H,46,55)/b15-14+,20-17+,23-16-,45-21-. The number of ether oxygens (including phenoxy) is 4. The van der Waals surface area contributed by atoms with Gasteiger partial charge in [-0.15, -0.1) is 0 Å². The zero-order valence-corrected chi connectivity index (χ0v) is 35.9. The van der Waals surface area contributed by atoms with Crippen LogP contribution in [0.4, 0.5) is 5.69 Å². The number of allylic oxidation sites excluding steroid dienone is 2. The Bertz CT molecular complexity index is 2020. The van der Waals surface area contributed by atoms with Gasteiger partial charge in [-0.2, -0.15) is 5.10 Å². The molecule has 324 valence electrons. The molecule has 0 spiro atoms. The number of nitrogens with one attached hydrogen (secondary N) is 1. The van der Waals surface area contributed by atoms with Crippen molar-refractivity contribution < 1.29 is 58.9 Å². The minimum absolute atomic E-state index is 0.0556. The number of rotatable bonds is 8. The van der Waals surface area contributed by atoms with Gasteiger partial charge in [-0.25, -0.2) is 0 Å². The predicted octanol–water partition coefficient (Wildman–Crippen LogP) is 6.21. The number of aliphatic hydroxyl groups is 2. The van der Waals surface area contributed by atoms with Crippen LogP contribution in [0.1, 0.15) is 96.6 Å². The Morgan fingerprint density at radius 3 is 2.19 bits per heavy atom. The number of Topliss-reactive ketones (excluding diaryl/α,β-unsaturated/α-hetero) is 1. The number of aromatic hydroxyl groups is 3. The van der Waals surface area contributed by atoms with Crippen LogP contribution in [-0.4, -0.2) is 105 Å². The van der Waals surface area contributed by atoms with Crippen LogP contribution in [0.2, 0.25) is 0 Å². The summed E-state index contributed by atoms with van der Waals surface area (Å²) in [6.07, 6.45) is 6.38. The summed E-state index contributed by atoms with van der Waals surface area (Å²) in [6, 6.07) is 0. The number of hydrogen-bond acceptors (Lipinski definition) is 14. The van der Waals surface area contributed by atoms with Gasteiger partial charge in [0.05, 0.1) is 53.0 Å². The third kappa shape index (κ3) is 9.53. The van der Waals surface area contributed by atoms with Crippen molar-refractivity contribution in [1.29, 1.82) is 0 Å². The zero-order chi connectivity index (χ0) is 44.1. The molecule has 5 rings (SSSR count). The van der Waals surface area contributed by atoms with E-state index in [4.69, 9.17) is 18.9 Å². The van der Waals surface area contributed by atoms with Crippen molar-refractivity contribution in [3.05, 3.63) is 52.8 Å². The van der Waals surface area contributed by atoms with Gasteiger partial charge in [0.15, 0.2) is 5.75 Å². The molecule has 0 aliphatic carbocycles. The molecule has 15 heteroatoms. The summed E-state index contributed by atoms with van der Waals surface area (Å²) < 4.78 is 23.6. The second kappa shape index (κ2) is 19.3. The van der Waals surface area contributed by atoms with E-state index in [1.165, 1.54) is 59.4 Å². The van der Waals surface area contributed by atoms with E-state index in [0.29, 0.717) is 13.1 Å². The first kappa shape index (κ1) is 46.6. The number of nitrogens with zero attached hydrogens (tertiary/aromatic N) is 2. The van der Waals surface area contributed by atoms with Crippen molar-refractivity contribution >= 4 is 40.3 Å². The third-order valence-electron chi connectivity index (χ3n) is 11.3. The number of methoxy groups -OCH3 is 1. The number of fused-ring (bicyclic) bond motifs is 14. The molecule has 0 saturated carbocycles. The van der Waals surface area contributed by atoms with E-state index >= 15 is 0 Å². The second-order valence-electron chi connectivity index (χ2n) is 15.8. The van der Waals surface area contributed by atoms with Crippen LogP contribution in [0.15, 0.2) is 41.2 Å². The van der Waals surface area contributed by atoms with Crippen LogP contribution in [-0.2, 0) is 23.8 Å². The number of anilines is 1. The number of aliphatic hydroxyl groups excluding tert-OH is 2. The maximum absolute atomic E-state index is 14.4. The average Bonchev–Trinajstić information content (AvgIpc) is 3.46. The van der Waals surface area contributed by atoms with E-state index in [1.807, 2.05) is 13.8 Å². The molecule has 59 heavy (non-hydrogen) atoms. The van der Waals surface area contributed by atoms with Crippen molar-refractivity contribution in [3.63, 3.8) is 0 Å². The van der Waals surface area contributed by atoms with Crippen molar-refractivity contribution in [2.45, 2.75) is 112 Å². The SMILES string of the molecule is CCCN(CCC)/N=C\c1c2c(O)c3c(O)c(C)c4c(c3c1O)C(=O)C(C)(O/C=C/C(OC)C(C)C(OC(C)=O)C(C)C(O)C(C)C(O)C(C)/C=C/C=C(/C)C(=O)N2)O4. The Morgan fingerprint density at radius 1 is 0.949 bits per heavy atom. The Balaban J connectivity index is 2.00. The number of carbonyl (C=O) groups excluding carboxylic acids is 3. The fraction of sp³-hybridized carbons (Fsp3) is 0.545. The van der Waals surface area contributed by atoms with Crippen LogP contribution in [0.5, 0.6) is 23.0 Å². The highest BCUT2D eigenvalue weighted by Crippen LogP contribution is 2.55. The number of amides is 1. The maximum atomic E-state index is 14.4. The summed E-state index contributed by atoms with van der Waals surface area (Å²) in [5, 5.41) is 66.9. The smallest absolute Gasteiger partial charge is 0.312 e. The largest absolute Gasteiger partial charge is 0.507 e. The van der Waals surface area contributed by atoms with Crippen LogP contribution in [0.25, 0.3) is 10.8 Å². The number of hydrazone groups is 1. The van der Waals surface area contributed by atoms with Crippen molar-refractivity contribution in [3.8, 4) is 23.0 Å². The molecule has 5 bridgehead atoms. The second-order valence-corrected chi connectivity index (χ2v) is 15.8. The molecule has 15 nitrogen and oxygen atoms in total. The Kier molecular flexibility index (Phi) is 15.2. The van der Waals surface area contributed by atoms with E-state index in [9.17, 15) is 39.9 Å². The molecule has 0 saturated heterocycles. The molecular formula is C44H61N3O12. The fourth-order valence-corrected chi connectivity index (χ4v) is 7.76. The normalized spacial score (nSPS) is 30.1. The summed E-state index contributed by atoms with van der Waals surface area (Å²) in [5.74, 6) is -8.35. The minimum atomic E-state index is -2.04. The Hall–Kier alpha value is -5.12. The third-order valence-corrected chi connectivity index (χ3v) is 11.3. The lowest BCUT2D eigenvalue weighted by Crippen LogP contribution is -2.46. The van der Waals surface area contributed by atoms with Gasteiger partial charge in [-0.3, -0.25) is 19.4 Å².